The van der Waals surface area contributed by atoms with Crippen LogP contribution in [0.2, 0.25) is 0 Å². The van der Waals surface area contributed by atoms with Crippen molar-refractivity contribution in [1.82, 2.24) is 4.98 Å². The van der Waals surface area contributed by atoms with Crippen LogP contribution in [0.5, 0.6) is 0 Å². The Hall–Kier alpha value is -0.310. The zero-order valence-corrected chi connectivity index (χ0v) is 10.3. The highest BCUT2D eigenvalue weighted by atomic mass is 127. The van der Waals surface area contributed by atoms with Crippen molar-refractivity contribution in [1.29, 1.82) is 0 Å². The Labute approximate surface area is 100 Å². The van der Waals surface area contributed by atoms with E-state index < -0.39 is 12.3 Å². The number of alkyl halides is 2. The lowest BCUT2D eigenvalue weighted by Gasteiger charge is -2.05. The minimum atomic E-state index is -2.67. The largest absolute Gasteiger partial charge is 0.366 e. The van der Waals surface area contributed by atoms with Gasteiger partial charge in [-0.3, -0.25) is 4.79 Å². The van der Waals surface area contributed by atoms with E-state index in [2.05, 4.69) is 20.9 Å². The molecule has 1 rings (SSSR count). The van der Waals surface area contributed by atoms with Gasteiger partial charge in [-0.1, -0.05) is 0 Å². The number of carbonyl (C=O) groups excluding carboxylic acids is 1. The number of amides is 1. The minimum Gasteiger partial charge on any atom is -0.366 e. The summed E-state index contributed by atoms with van der Waals surface area (Å²) in [5.41, 5.74) is 4.75. The number of halogens is 4. The van der Waals surface area contributed by atoms with Crippen molar-refractivity contribution < 1.29 is 13.6 Å². The molecule has 0 aliphatic rings. The first-order valence-corrected chi connectivity index (χ1v) is 5.24. The van der Waals surface area contributed by atoms with Gasteiger partial charge in [-0.2, -0.15) is 0 Å². The Bertz CT molecular complexity index is 386. The number of carbonyl (C=O) groups is 1. The van der Waals surface area contributed by atoms with E-state index in [1.807, 2.05) is 0 Å². The average molecular weight is 377 g/mol. The van der Waals surface area contributed by atoms with Crippen LogP contribution in [-0.2, 0) is 0 Å². The Morgan fingerprint density at radius 1 is 1.64 bits per heavy atom. The summed E-state index contributed by atoms with van der Waals surface area (Å²) < 4.78 is 24.9. The number of nitrogens with two attached hydrogens (primary N) is 1. The predicted molar refractivity (Wildman–Crippen MR) is 58.1 cm³/mol. The third kappa shape index (κ3) is 2.38. The van der Waals surface area contributed by atoms with Gasteiger partial charge < -0.3 is 5.73 Å². The van der Waals surface area contributed by atoms with Crippen LogP contribution in [-0.4, -0.2) is 10.9 Å². The maximum absolute atomic E-state index is 12.3. The van der Waals surface area contributed by atoms with Crippen LogP contribution in [0.1, 0.15) is 22.5 Å². The normalized spacial score (nSPS) is 10.6. The van der Waals surface area contributed by atoms with Gasteiger partial charge in [-0.15, -0.1) is 0 Å². The van der Waals surface area contributed by atoms with Crippen molar-refractivity contribution >= 4 is 44.4 Å². The van der Waals surface area contributed by atoms with E-state index in [4.69, 9.17) is 5.73 Å². The molecule has 0 saturated carbocycles. The molecule has 7 heteroatoms. The maximum atomic E-state index is 12.3. The molecule has 1 aromatic rings. The third-order valence-electron chi connectivity index (χ3n) is 1.43. The highest BCUT2D eigenvalue weighted by molar-refractivity contribution is 14.1. The van der Waals surface area contributed by atoms with E-state index in [-0.39, 0.29) is 19.4 Å². The quantitative estimate of drug-likeness (QED) is 0.636. The molecule has 0 aliphatic heterocycles. The van der Waals surface area contributed by atoms with Gasteiger partial charge in [0.2, 0.25) is 0 Å². The van der Waals surface area contributed by atoms with Crippen LogP contribution in [0, 0.1) is 3.57 Å². The summed E-state index contributed by atoms with van der Waals surface area (Å²) in [6.07, 6.45) is -2.67. The van der Waals surface area contributed by atoms with Crippen LogP contribution in [0.25, 0.3) is 0 Å². The molecule has 1 aromatic heterocycles. The first-order chi connectivity index (χ1) is 6.43. The van der Waals surface area contributed by atoms with E-state index in [1.165, 1.54) is 6.07 Å². The molecule has 14 heavy (non-hydrogen) atoms. The number of aromatic nitrogens is 1. The fourth-order valence-electron chi connectivity index (χ4n) is 0.805. The van der Waals surface area contributed by atoms with Gasteiger partial charge in [0, 0.05) is 3.57 Å². The Balaban J connectivity index is 3.31. The summed E-state index contributed by atoms with van der Waals surface area (Å²) in [4.78, 5) is 14.4. The average Bonchev–Trinajstić information content (AvgIpc) is 2.07. The van der Waals surface area contributed by atoms with E-state index in [0.717, 1.165) is 0 Å². The van der Waals surface area contributed by atoms with Gasteiger partial charge in [0.1, 0.15) is 10.3 Å². The molecule has 1 amide bonds. The predicted octanol–water partition coefficient (Wildman–Crippen LogP) is 2.49. The molecular weight excluding hydrogens is 373 g/mol. The second-order valence-corrected chi connectivity index (χ2v) is 4.27. The van der Waals surface area contributed by atoms with Gasteiger partial charge >= 0.3 is 0 Å². The zero-order valence-electron chi connectivity index (χ0n) is 6.60. The van der Waals surface area contributed by atoms with E-state index in [0.29, 0.717) is 0 Å². The molecular formula is C7H4BrF2IN2O. The summed E-state index contributed by atoms with van der Waals surface area (Å²) >= 11 is 4.58. The lowest BCUT2D eigenvalue weighted by atomic mass is 10.2. The zero-order chi connectivity index (χ0) is 10.9. The standard InChI is InChI=1S/C7H4BrF2IN2O/c8-5-2(7(12)14)1-3(11)4(13-5)6(9)10/h1,6H,(H2,12,14). The second-order valence-electron chi connectivity index (χ2n) is 2.36. The fraction of sp³-hybridized carbons (Fsp3) is 0.143. The lowest BCUT2D eigenvalue weighted by Crippen LogP contribution is -2.13. The van der Waals surface area contributed by atoms with Crippen molar-refractivity contribution in [3.63, 3.8) is 0 Å². The topological polar surface area (TPSA) is 56.0 Å². The van der Waals surface area contributed by atoms with Crippen LogP contribution >= 0.6 is 38.5 Å². The maximum Gasteiger partial charge on any atom is 0.281 e. The van der Waals surface area contributed by atoms with Crippen LogP contribution in [0.15, 0.2) is 10.7 Å². The van der Waals surface area contributed by atoms with Crippen molar-refractivity contribution in [3.05, 3.63) is 25.5 Å². The molecule has 2 N–H and O–H groups in total. The SMILES string of the molecule is NC(=O)c1cc(I)c(C(F)F)nc1Br. The highest BCUT2D eigenvalue weighted by Gasteiger charge is 2.18. The van der Waals surface area contributed by atoms with Crippen molar-refractivity contribution in [2.24, 2.45) is 5.73 Å². The molecule has 0 bridgehead atoms. The Kier molecular flexibility index (Phi) is 3.76. The molecule has 0 saturated heterocycles. The Morgan fingerprint density at radius 2 is 2.21 bits per heavy atom. The smallest absolute Gasteiger partial charge is 0.281 e. The second kappa shape index (κ2) is 4.47. The number of nitrogens with zero attached hydrogens (tertiary/aromatic N) is 1. The molecule has 76 valence electrons. The van der Waals surface area contributed by atoms with Crippen molar-refractivity contribution in [2.75, 3.05) is 0 Å². The minimum absolute atomic E-state index is 0.0423. The first-order valence-electron chi connectivity index (χ1n) is 3.37. The number of rotatable bonds is 2. The molecule has 0 atom stereocenters. The molecule has 0 unspecified atom stereocenters. The molecule has 1 heterocycles. The van der Waals surface area contributed by atoms with E-state index in [1.54, 1.807) is 22.6 Å². The Morgan fingerprint density at radius 3 is 2.64 bits per heavy atom. The molecule has 0 aromatic carbocycles. The number of pyridine rings is 1. The summed E-state index contributed by atoms with van der Waals surface area (Å²) in [6.45, 7) is 0. The number of hydrogen-bond acceptors (Lipinski definition) is 2. The fourth-order valence-corrected chi connectivity index (χ4v) is 1.97. The number of hydrogen-bond donors (Lipinski definition) is 1. The highest BCUT2D eigenvalue weighted by Crippen LogP contribution is 2.26. The molecule has 0 fully saturated rings. The lowest BCUT2D eigenvalue weighted by molar-refractivity contribution is 0.0998. The van der Waals surface area contributed by atoms with Gasteiger partial charge in [-0.25, -0.2) is 13.8 Å². The van der Waals surface area contributed by atoms with Crippen molar-refractivity contribution in [3.8, 4) is 0 Å². The first kappa shape index (κ1) is 11.8. The van der Waals surface area contributed by atoms with Crippen LogP contribution in [0.3, 0.4) is 0 Å². The summed E-state index contributed by atoms with van der Waals surface area (Å²) in [5.74, 6) is -0.705. The summed E-state index contributed by atoms with van der Waals surface area (Å²) in [6, 6.07) is 1.28. The summed E-state index contributed by atoms with van der Waals surface area (Å²) in [5, 5.41) is 0. The van der Waals surface area contributed by atoms with Gasteiger partial charge in [0.05, 0.1) is 5.56 Å². The summed E-state index contributed by atoms with van der Waals surface area (Å²) in [7, 11) is 0. The molecule has 3 nitrogen and oxygen atoms in total. The molecule has 0 radical (unpaired) electrons. The molecule has 0 aliphatic carbocycles. The van der Waals surface area contributed by atoms with Crippen LogP contribution < -0.4 is 5.73 Å². The third-order valence-corrected chi connectivity index (χ3v) is 2.90. The van der Waals surface area contributed by atoms with Crippen molar-refractivity contribution in [2.45, 2.75) is 6.43 Å². The number of primary amides is 1. The monoisotopic (exact) mass is 376 g/mol. The van der Waals surface area contributed by atoms with Crippen LogP contribution in [0.4, 0.5) is 8.78 Å². The van der Waals surface area contributed by atoms with E-state index in [9.17, 15) is 13.6 Å². The molecule has 0 spiro atoms. The van der Waals surface area contributed by atoms with Gasteiger partial charge in [-0.05, 0) is 44.6 Å². The van der Waals surface area contributed by atoms with E-state index >= 15 is 0 Å². The van der Waals surface area contributed by atoms with Gasteiger partial charge in [0.25, 0.3) is 12.3 Å². The van der Waals surface area contributed by atoms with Gasteiger partial charge in [0.15, 0.2) is 0 Å².